The second kappa shape index (κ2) is 13.2. The maximum atomic E-state index is 6.25. The van der Waals surface area contributed by atoms with Crippen LogP contribution < -0.4 is 16.5 Å². The van der Waals surface area contributed by atoms with E-state index in [1.54, 1.807) is 0 Å². The number of rotatable bonds is 5. The molecule has 8 aromatic carbocycles. The third-order valence-corrected chi connectivity index (χ3v) is 12.6. The van der Waals surface area contributed by atoms with Gasteiger partial charge in [0.1, 0.15) is 11.2 Å². The van der Waals surface area contributed by atoms with Crippen LogP contribution in [0.5, 0.6) is 0 Å². The molecule has 0 radical (unpaired) electrons. The highest BCUT2D eigenvalue weighted by atomic mass is 16.3. The number of benzene rings is 8. The van der Waals surface area contributed by atoms with Crippen molar-refractivity contribution in [3.63, 3.8) is 0 Å². The zero-order valence-electron chi connectivity index (χ0n) is 32.8. The first-order chi connectivity index (χ1) is 30.2. The molecule has 0 unspecified atom stereocenters. The van der Waals surface area contributed by atoms with Crippen LogP contribution in [0.2, 0.25) is 0 Å². The van der Waals surface area contributed by atoms with Gasteiger partial charge in [-0.15, -0.1) is 0 Å². The van der Waals surface area contributed by atoms with Gasteiger partial charge >= 0.3 is 0 Å². The average Bonchev–Trinajstić information content (AvgIpc) is 3.87. The number of nitrogens with zero attached hydrogens (tertiary/aromatic N) is 4. The van der Waals surface area contributed by atoms with Crippen LogP contribution in [0.1, 0.15) is 0 Å². The Balaban J connectivity index is 1.08. The third kappa shape index (κ3) is 5.19. The predicted octanol–water partition coefficient (Wildman–Crippen LogP) is 11.5. The number of pyridine rings is 1. The van der Waals surface area contributed by atoms with E-state index < -0.39 is 0 Å². The summed E-state index contributed by atoms with van der Waals surface area (Å²) >= 11 is 0. The van der Waals surface area contributed by atoms with E-state index >= 15 is 0 Å². The Hall–Kier alpha value is -8.09. The Morgan fingerprint density at radius 1 is 0.410 bits per heavy atom. The van der Waals surface area contributed by atoms with Crippen LogP contribution >= 0.6 is 0 Å². The van der Waals surface area contributed by atoms with Crippen molar-refractivity contribution in [2.24, 2.45) is 0 Å². The summed E-state index contributed by atoms with van der Waals surface area (Å²) in [6.45, 7) is -0.236. The number of hydrogen-bond acceptors (Lipinski definition) is 4. The summed E-state index contributed by atoms with van der Waals surface area (Å²) in [5, 5.41) is 5.72. The molecule has 13 rings (SSSR count). The van der Waals surface area contributed by atoms with Crippen molar-refractivity contribution in [3.05, 3.63) is 201 Å². The SMILES string of the molecule is c1ccc(-c2ccc3c(c2)B(c2cnc(-n4c5ccccc5c5ccccc54)cn2)c2cc(-c4ccc5oc6ccccc6c5c4)cc4ncc(-c5ccccc5)c-3c24)cc1. The lowest BCUT2D eigenvalue weighted by Crippen LogP contribution is -2.56. The Labute approximate surface area is 351 Å². The van der Waals surface area contributed by atoms with Gasteiger partial charge in [-0.3, -0.25) is 14.5 Å². The van der Waals surface area contributed by atoms with Crippen molar-refractivity contribution in [1.29, 1.82) is 0 Å². The van der Waals surface area contributed by atoms with Crippen LogP contribution in [0.3, 0.4) is 0 Å². The molecule has 1 aliphatic rings. The van der Waals surface area contributed by atoms with E-state index in [9.17, 15) is 0 Å². The molecule has 6 heteroatoms. The highest BCUT2D eigenvalue weighted by Crippen LogP contribution is 2.41. The molecule has 0 saturated carbocycles. The largest absolute Gasteiger partial charge is 0.456 e. The fourth-order valence-corrected chi connectivity index (χ4v) is 9.86. The summed E-state index contributed by atoms with van der Waals surface area (Å²) in [5.41, 5.74) is 17.2. The summed E-state index contributed by atoms with van der Waals surface area (Å²) in [7, 11) is 0. The normalized spacial score (nSPS) is 12.2. The maximum Gasteiger partial charge on any atom is 0.268 e. The fourth-order valence-electron chi connectivity index (χ4n) is 9.86. The molecule has 0 aliphatic carbocycles. The number of aromatic nitrogens is 4. The zero-order chi connectivity index (χ0) is 40.0. The minimum absolute atomic E-state index is 0.236. The van der Waals surface area contributed by atoms with Gasteiger partial charge in [0.2, 0.25) is 0 Å². The minimum Gasteiger partial charge on any atom is -0.456 e. The molecule has 0 bridgehead atoms. The third-order valence-electron chi connectivity index (χ3n) is 12.6. The van der Waals surface area contributed by atoms with Crippen molar-refractivity contribution in [2.75, 3.05) is 0 Å². The number of fused-ring (bicyclic) bond motifs is 8. The van der Waals surface area contributed by atoms with Crippen LogP contribution in [0.15, 0.2) is 205 Å². The lowest BCUT2D eigenvalue weighted by Gasteiger charge is -2.29. The quantitative estimate of drug-likeness (QED) is 0.163. The van der Waals surface area contributed by atoms with Gasteiger partial charge in [0.15, 0.2) is 5.82 Å². The molecule has 12 aromatic rings. The van der Waals surface area contributed by atoms with Crippen LogP contribution in [0.25, 0.3) is 105 Å². The smallest absolute Gasteiger partial charge is 0.268 e. The lowest BCUT2D eigenvalue weighted by atomic mass is 9.35. The molecular formula is C55H33BN4O. The van der Waals surface area contributed by atoms with E-state index in [2.05, 4.69) is 181 Å². The van der Waals surface area contributed by atoms with E-state index in [0.717, 1.165) is 88.6 Å². The van der Waals surface area contributed by atoms with Gasteiger partial charge in [0.05, 0.1) is 22.7 Å². The molecule has 61 heavy (non-hydrogen) atoms. The molecule has 0 fully saturated rings. The monoisotopic (exact) mass is 776 g/mol. The van der Waals surface area contributed by atoms with Crippen molar-refractivity contribution in [2.45, 2.75) is 0 Å². The first-order valence-electron chi connectivity index (χ1n) is 20.7. The van der Waals surface area contributed by atoms with Gasteiger partial charge in [-0.05, 0) is 75.3 Å². The molecule has 1 aliphatic heterocycles. The number of hydrogen-bond donors (Lipinski definition) is 0. The van der Waals surface area contributed by atoms with Gasteiger partial charge in [0.25, 0.3) is 6.71 Å². The van der Waals surface area contributed by atoms with Gasteiger partial charge in [-0.2, -0.15) is 0 Å². The van der Waals surface area contributed by atoms with Crippen LogP contribution in [-0.2, 0) is 0 Å². The summed E-state index contributed by atoms with van der Waals surface area (Å²) in [4.78, 5) is 15.9. The average molecular weight is 777 g/mol. The zero-order valence-corrected chi connectivity index (χ0v) is 32.8. The van der Waals surface area contributed by atoms with E-state index in [1.807, 2.05) is 24.5 Å². The Morgan fingerprint density at radius 2 is 1.05 bits per heavy atom. The van der Waals surface area contributed by atoms with Crippen molar-refractivity contribution >= 4 is 77.9 Å². The molecular weight excluding hydrogens is 743 g/mol. The Bertz CT molecular complexity index is 3650. The Kier molecular flexibility index (Phi) is 7.33. The van der Waals surface area contributed by atoms with Crippen molar-refractivity contribution in [1.82, 2.24) is 19.5 Å². The van der Waals surface area contributed by atoms with Crippen molar-refractivity contribution < 1.29 is 4.42 Å². The molecule has 4 aromatic heterocycles. The lowest BCUT2D eigenvalue weighted by molar-refractivity contribution is 0.669. The molecule has 0 atom stereocenters. The van der Waals surface area contributed by atoms with Gasteiger partial charge in [0, 0.05) is 50.5 Å². The van der Waals surface area contributed by atoms with Gasteiger partial charge in [-0.1, -0.05) is 157 Å². The van der Waals surface area contributed by atoms with E-state index in [4.69, 9.17) is 19.4 Å². The molecule has 0 N–H and O–H groups in total. The summed E-state index contributed by atoms with van der Waals surface area (Å²) in [5.74, 6) is 0.781. The highest BCUT2D eigenvalue weighted by Gasteiger charge is 2.36. The number of furan rings is 1. The molecule has 282 valence electrons. The molecule has 0 spiro atoms. The molecule has 5 heterocycles. The summed E-state index contributed by atoms with van der Waals surface area (Å²) < 4.78 is 8.48. The van der Waals surface area contributed by atoms with E-state index in [-0.39, 0.29) is 6.71 Å². The fraction of sp³-hybridized carbons (Fsp3) is 0. The summed E-state index contributed by atoms with van der Waals surface area (Å²) in [6, 6.07) is 64.6. The Morgan fingerprint density at radius 3 is 1.80 bits per heavy atom. The maximum absolute atomic E-state index is 6.25. The first-order valence-corrected chi connectivity index (χ1v) is 20.7. The number of para-hydroxylation sites is 3. The van der Waals surface area contributed by atoms with Gasteiger partial charge < -0.3 is 4.42 Å². The highest BCUT2D eigenvalue weighted by molar-refractivity contribution is 6.98. The van der Waals surface area contributed by atoms with E-state index in [0.29, 0.717) is 0 Å². The molecule has 5 nitrogen and oxygen atoms in total. The van der Waals surface area contributed by atoms with Gasteiger partial charge in [-0.25, -0.2) is 4.98 Å². The molecule has 0 saturated heterocycles. The summed E-state index contributed by atoms with van der Waals surface area (Å²) in [6.07, 6.45) is 6.00. The first kappa shape index (κ1) is 33.8. The minimum atomic E-state index is -0.236. The topological polar surface area (TPSA) is 56.7 Å². The van der Waals surface area contributed by atoms with Crippen LogP contribution in [-0.4, -0.2) is 26.2 Å². The van der Waals surface area contributed by atoms with Crippen LogP contribution in [0, 0.1) is 0 Å². The second-order valence-electron chi connectivity index (χ2n) is 16.0. The second-order valence-corrected chi connectivity index (χ2v) is 16.0. The van der Waals surface area contributed by atoms with E-state index in [1.165, 1.54) is 32.9 Å². The van der Waals surface area contributed by atoms with Crippen molar-refractivity contribution in [3.8, 4) is 50.3 Å². The van der Waals surface area contributed by atoms with Crippen LogP contribution in [0.4, 0.5) is 0 Å². The molecule has 0 amide bonds. The predicted molar refractivity (Wildman–Crippen MR) is 252 cm³/mol. The standard InChI is InChI=1S/C55H33BN4O/c1-3-13-34(14-4-1)37-23-25-42-45(28-37)56(52-32-59-53(33-58-52)60-48-20-10-7-17-39(48)40-18-8-11-21-49(40)60)46-29-38(36-24-26-51-43(27-36)41-19-9-12-22-50(41)61-51)30-47-55(46)54(42)44(31-57-47)35-15-5-2-6-16-35/h1-33H.